The summed E-state index contributed by atoms with van der Waals surface area (Å²) < 4.78 is 5.88. The minimum Gasteiger partial charge on any atom is -0.439 e. The van der Waals surface area contributed by atoms with Gasteiger partial charge in [-0.05, 0) is 23.8 Å². The van der Waals surface area contributed by atoms with Gasteiger partial charge in [-0.1, -0.05) is 12.1 Å². The van der Waals surface area contributed by atoms with Crippen molar-refractivity contribution in [2.45, 2.75) is 13.0 Å². The van der Waals surface area contributed by atoms with E-state index in [-0.39, 0.29) is 6.54 Å². The van der Waals surface area contributed by atoms with Gasteiger partial charge in [0.2, 0.25) is 11.8 Å². The summed E-state index contributed by atoms with van der Waals surface area (Å²) in [5.41, 5.74) is 13.8. The monoisotopic (exact) mass is 335 g/mol. The molecule has 2 aromatic heterocycles. The van der Waals surface area contributed by atoms with Gasteiger partial charge in [0.05, 0.1) is 5.69 Å². The summed E-state index contributed by atoms with van der Waals surface area (Å²) in [6.07, 6.45) is 5.27. The number of pyridine rings is 1. The lowest BCUT2D eigenvalue weighted by Gasteiger charge is -2.14. The van der Waals surface area contributed by atoms with Gasteiger partial charge in [0.25, 0.3) is 0 Å². The van der Waals surface area contributed by atoms with Crippen LogP contribution in [-0.2, 0) is 13.0 Å². The van der Waals surface area contributed by atoms with Gasteiger partial charge in [0, 0.05) is 42.6 Å². The second-order valence-electron chi connectivity index (χ2n) is 5.34. The fraction of sp³-hybridized carbons (Fsp3) is 0.111. The van der Waals surface area contributed by atoms with Crippen LogP contribution in [-0.4, -0.2) is 20.9 Å². The lowest BCUT2D eigenvalue weighted by molar-refractivity contribution is 0.0999. The maximum Gasteiger partial charge on any atom is 0.249 e. The molecular weight excluding hydrogens is 318 g/mol. The number of aromatic nitrogens is 3. The summed E-state index contributed by atoms with van der Waals surface area (Å²) in [5, 5.41) is 0. The van der Waals surface area contributed by atoms with Crippen LogP contribution in [0.4, 0.5) is 0 Å². The molecular formula is C18H17N5O2. The lowest BCUT2D eigenvalue weighted by atomic mass is 9.99. The molecule has 3 aromatic rings. The van der Waals surface area contributed by atoms with E-state index in [0.29, 0.717) is 34.9 Å². The summed E-state index contributed by atoms with van der Waals surface area (Å²) in [4.78, 5) is 24.1. The number of primary amides is 1. The van der Waals surface area contributed by atoms with E-state index >= 15 is 0 Å². The van der Waals surface area contributed by atoms with Gasteiger partial charge in [-0.3, -0.25) is 9.78 Å². The molecule has 0 spiro atoms. The predicted octanol–water partition coefficient (Wildman–Crippen LogP) is 1.81. The molecule has 0 fully saturated rings. The molecule has 126 valence electrons. The summed E-state index contributed by atoms with van der Waals surface area (Å²) in [5.74, 6) is 0.334. The molecule has 25 heavy (non-hydrogen) atoms. The van der Waals surface area contributed by atoms with Gasteiger partial charge in [-0.2, -0.15) is 0 Å². The van der Waals surface area contributed by atoms with Crippen LogP contribution >= 0.6 is 0 Å². The van der Waals surface area contributed by atoms with Crippen molar-refractivity contribution in [2.24, 2.45) is 11.5 Å². The normalized spacial score (nSPS) is 10.4. The number of hydrogen-bond donors (Lipinski definition) is 2. The zero-order chi connectivity index (χ0) is 17.6. The lowest BCUT2D eigenvalue weighted by Crippen LogP contribution is -2.14. The number of hydrogen-bond acceptors (Lipinski definition) is 6. The van der Waals surface area contributed by atoms with Crippen molar-refractivity contribution in [3.63, 3.8) is 0 Å². The molecule has 0 atom stereocenters. The zero-order valence-corrected chi connectivity index (χ0v) is 13.4. The largest absolute Gasteiger partial charge is 0.439 e. The Bertz CT molecular complexity index is 884. The van der Waals surface area contributed by atoms with Crippen LogP contribution in [0.1, 0.15) is 27.2 Å². The number of nitrogens with two attached hydrogens (primary N) is 2. The highest BCUT2D eigenvalue weighted by Crippen LogP contribution is 2.29. The fourth-order valence-electron chi connectivity index (χ4n) is 2.44. The van der Waals surface area contributed by atoms with Crippen LogP contribution < -0.4 is 16.2 Å². The predicted molar refractivity (Wildman–Crippen MR) is 92.0 cm³/mol. The minimum absolute atomic E-state index is 0.281. The molecule has 3 rings (SSSR count). The van der Waals surface area contributed by atoms with E-state index in [0.717, 1.165) is 5.56 Å². The molecule has 0 saturated carbocycles. The number of carbonyl (C=O) groups is 1. The van der Waals surface area contributed by atoms with Crippen molar-refractivity contribution in [1.82, 2.24) is 15.0 Å². The summed E-state index contributed by atoms with van der Waals surface area (Å²) in [6, 6.07) is 10.6. The van der Waals surface area contributed by atoms with Crippen LogP contribution in [0, 0.1) is 0 Å². The first-order valence-corrected chi connectivity index (χ1v) is 7.67. The Morgan fingerprint density at radius 3 is 2.76 bits per heavy atom. The van der Waals surface area contributed by atoms with Gasteiger partial charge >= 0.3 is 0 Å². The van der Waals surface area contributed by atoms with E-state index in [9.17, 15) is 4.79 Å². The second kappa shape index (κ2) is 7.50. The quantitative estimate of drug-likeness (QED) is 0.709. The summed E-state index contributed by atoms with van der Waals surface area (Å²) >= 11 is 0. The second-order valence-corrected chi connectivity index (χ2v) is 5.34. The molecule has 0 aliphatic rings. The number of ether oxygens (including phenoxy) is 1. The van der Waals surface area contributed by atoms with E-state index < -0.39 is 5.91 Å². The Kier molecular flexibility index (Phi) is 4.96. The molecule has 1 aromatic carbocycles. The topological polar surface area (TPSA) is 117 Å². The van der Waals surface area contributed by atoms with Crippen molar-refractivity contribution in [3.8, 4) is 11.6 Å². The van der Waals surface area contributed by atoms with Gasteiger partial charge in [0.1, 0.15) is 12.1 Å². The van der Waals surface area contributed by atoms with Crippen molar-refractivity contribution >= 4 is 5.91 Å². The van der Waals surface area contributed by atoms with Gasteiger partial charge < -0.3 is 16.2 Å². The SMILES string of the molecule is NCc1cc(Oc2cccc(C(N)=O)c2Cc2cccnc2)ncn1. The Morgan fingerprint density at radius 2 is 2.04 bits per heavy atom. The number of rotatable bonds is 6. The average molecular weight is 335 g/mol. The Hall–Kier alpha value is -3.32. The Morgan fingerprint density at radius 1 is 1.16 bits per heavy atom. The first-order valence-electron chi connectivity index (χ1n) is 7.67. The van der Waals surface area contributed by atoms with E-state index in [1.165, 1.54) is 6.33 Å². The van der Waals surface area contributed by atoms with Crippen LogP contribution in [0.3, 0.4) is 0 Å². The zero-order valence-electron chi connectivity index (χ0n) is 13.4. The van der Waals surface area contributed by atoms with E-state index in [2.05, 4.69) is 15.0 Å². The van der Waals surface area contributed by atoms with Crippen molar-refractivity contribution in [2.75, 3.05) is 0 Å². The molecule has 7 heteroatoms. The number of benzene rings is 1. The van der Waals surface area contributed by atoms with Crippen LogP contribution in [0.5, 0.6) is 11.6 Å². The molecule has 2 heterocycles. The standard InChI is InChI=1S/C18H17N5O2/c19-9-13-8-17(23-11-22-13)25-16-5-1-4-14(18(20)24)15(16)7-12-3-2-6-21-10-12/h1-6,8,10-11H,7,9,19H2,(H2,20,24). The molecule has 0 bridgehead atoms. The molecule has 1 amide bonds. The van der Waals surface area contributed by atoms with E-state index in [4.69, 9.17) is 16.2 Å². The third kappa shape index (κ3) is 3.96. The Balaban J connectivity index is 2.00. The van der Waals surface area contributed by atoms with Crippen molar-refractivity contribution in [1.29, 1.82) is 0 Å². The molecule has 0 aliphatic heterocycles. The average Bonchev–Trinajstić information content (AvgIpc) is 2.64. The molecule has 0 unspecified atom stereocenters. The minimum atomic E-state index is -0.519. The fourth-order valence-corrected chi connectivity index (χ4v) is 2.44. The third-order valence-corrected chi connectivity index (χ3v) is 3.62. The van der Waals surface area contributed by atoms with Gasteiger partial charge in [0.15, 0.2) is 0 Å². The van der Waals surface area contributed by atoms with Crippen molar-refractivity contribution in [3.05, 3.63) is 77.5 Å². The smallest absolute Gasteiger partial charge is 0.249 e. The first-order chi connectivity index (χ1) is 12.2. The Labute approximate surface area is 144 Å². The van der Waals surface area contributed by atoms with E-state index in [1.807, 2.05) is 12.1 Å². The highest BCUT2D eigenvalue weighted by atomic mass is 16.5. The number of nitrogens with zero attached hydrogens (tertiary/aromatic N) is 3. The third-order valence-electron chi connectivity index (χ3n) is 3.62. The number of carbonyl (C=O) groups excluding carboxylic acids is 1. The highest BCUT2D eigenvalue weighted by Gasteiger charge is 2.15. The molecule has 4 N–H and O–H groups in total. The van der Waals surface area contributed by atoms with Gasteiger partial charge in [-0.15, -0.1) is 0 Å². The highest BCUT2D eigenvalue weighted by molar-refractivity contribution is 5.95. The summed E-state index contributed by atoms with van der Waals surface area (Å²) in [6.45, 7) is 0.281. The number of amides is 1. The maximum absolute atomic E-state index is 11.8. The van der Waals surface area contributed by atoms with Crippen LogP contribution in [0.2, 0.25) is 0 Å². The molecule has 7 nitrogen and oxygen atoms in total. The molecule has 0 aliphatic carbocycles. The summed E-state index contributed by atoms with van der Waals surface area (Å²) in [7, 11) is 0. The van der Waals surface area contributed by atoms with Crippen LogP contribution in [0.25, 0.3) is 0 Å². The maximum atomic E-state index is 11.8. The van der Waals surface area contributed by atoms with E-state index in [1.54, 1.807) is 36.7 Å². The van der Waals surface area contributed by atoms with Crippen molar-refractivity contribution < 1.29 is 9.53 Å². The molecule has 0 radical (unpaired) electrons. The first kappa shape index (κ1) is 16.5. The van der Waals surface area contributed by atoms with Gasteiger partial charge in [-0.25, -0.2) is 9.97 Å². The molecule has 0 saturated heterocycles. The van der Waals surface area contributed by atoms with Crippen LogP contribution in [0.15, 0.2) is 55.1 Å².